The highest BCUT2D eigenvalue weighted by Gasteiger charge is 2.49. The molecule has 0 aliphatic carbocycles. The maximum atomic E-state index is 15.4. The highest BCUT2D eigenvalue weighted by molar-refractivity contribution is 9.10. The SMILES string of the molecule is CN1CC2COCC2Oc2c(Cl)c(Br)c(F)c3nc(OC[C@@]45CCCN4C[C@H](F)C5)nc1c23. The average Bonchev–Trinajstić information content (AvgIpc) is 3.46. The summed E-state index contributed by atoms with van der Waals surface area (Å²) < 4.78 is 47.5. The van der Waals surface area contributed by atoms with E-state index in [1.807, 2.05) is 11.9 Å². The first kappa shape index (κ1) is 22.0. The highest BCUT2D eigenvalue weighted by Crippen LogP contribution is 2.47. The number of nitrogens with zero attached hydrogens (tertiary/aromatic N) is 4. The number of aromatic nitrogens is 2. The Labute approximate surface area is 203 Å². The minimum Gasteiger partial charge on any atom is -0.485 e. The molecule has 7 nitrogen and oxygen atoms in total. The molecule has 0 spiro atoms. The lowest BCUT2D eigenvalue weighted by Gasteiger charge is -2.32. The van der Waals surface area contributed by atoms with Crippen LogP contribution in [0.1, 0.15) is 19.3 Å². The largest absolute Gasteiger partial charge is 0.485 e. The van der Waals surface area contributed by atoms with E-state index >= 15 is 4.39 Å². The first-order valence-electron chi connectivity index (χ1n) is 11.2. The number of alkyl halides is 1. The molecule has 33 heavy (non-hydrogen) atoms. The molecule has 5 heterocycles. The third kappa shape index (κ3) is 3.47. The summed E-state index contributed by atoms with van der Waals surface area (Å²) in [6.45, 7) is 3.18. The van der Waals surface area contributed by atoms with Crippen molar-refractivity contribution in [3.05, 3.63) is 15.3 Å². The van der Waals surface area contributed by atoms with Crippen molar-refractivity contribution < 1.29 is 23.0 Å². The van der Waals surface area contributed by atoms with Crippen LogP contribution in [-0.4, -0.2) is 79.2 Å². The van der Waals surface area contributed by atoms with Gasteiger partial charge in [-0.3, -0.25) is 4.90 Å². The van der Waals surface area contributed by atoms with Crippen molar-refractivity contribution in [2.75, 3.05) is 51.4 Å². The summed E-state index contributed by atoms with van der Waals surface area (Å²) in [7, 11) is 1.89. The molecule has 2 unspecified atom stereocenters. The van der Waals surface area contributed by atoms with Crippen LogP contribution in [0, 0.1) is 11.7 Å². The van der Waals surface area contributed by atoms with Crippen molar-refractivity contribution in [2.45, 2.75) is 37.1 Å². The van der Waals surface area contributed by atoms with E-state index < -0.39 is 12.0 Å². The Bertz CT molecular complexity index is 1130. The van der Waals surface area contributed by atoms with Crippen LogP contribution >= 0.6 is 27.5 Å². The zero-order valence-corrected chi connectivity index (χ0v) is 20.5. The van der Waals surface area contributed by atoms with Crippen LogP contribution in [0.4, 0.5) is 14.6 Å². The van der Waals surface area contributed by atoms with Crippen LogP contribution in [0.15, 0.2) is 4.47 Å². The van der Waals surface area contributed by atoms with E-state index in [0.29, 0.717) is 49.7 Å². The molecule has 4 aliphatic heterocycles. The number of benzene rings is 1. The van der Waals surface area contributed by atoms with E-state index in [-0.39, 0.29) is 45.2 Å². The first-order valence-corrected chi connectivity index (χ1v) is 12.4. The predicted octanol–water partition coefficient (Wildman–Crippen LogP) is 3.98. The Morgan fingerprint density at radius 1 is 1.30 bits per heavy atom. The summed E-state index contributed by atoms with van der Waals surface area (Å²) in [5, 5.41) is 0.547. The molecule has 3 fully saturated rings. The Morgan fingerprint density at radius 3 is 3.00 bits per heavy atom. The molecule has 1 aromatic carbocycles. The molecule has 0 N–H and O–H groups in total. The summed E-state index contributed by atoms with van der Waals surface area (Å²) in [6, 6.07) is 0.0618. The van der Waals surface area contributed by atoms with E-state index in [4.69, 9.17) is 25.8 Å². The normalized spacial score (nSPS) is 31.3. The lowest BCUT2D eigenvalue weighted by Crippen LogP contribution is -2.43. The Hall–Kier alpha value is -1.49. The number of hydrogen-bond acceptors (Lipinski definition) is 7. The van der Waals surface area contributed by atoms with Crippen molar-refractivity contribution in [3.63, 3.8) is 0 Å². The standard InChI is InChI=1S/C22H24BrClF2N4O3/c1-29-6-11-8-31-9-13(11)33-19-14-18(17(26)15(23)16(19)24)27-21(28-20(14)29)32-10-22-3-2-4-30(22)7-12(25)5-22/h11-13H,2-10H2,1H3/t11?,12-,13?,22+/m1/s1. The van der Waals surface area contributed by atoms with Crippen LogP contribution in [0.25, 0.3) is 10.9 Å². The van der Waals surface area contributed by atoms with Crippen molar-refractivity contribution in [3.8, 4) is 11.8 Å². The van der Waals surface area contributed by atoms with Gasteiger partial charge in [0.05, 0.1) is 28.6 Å². The van der Waals surface area contributed by atoms with Gasteiger partial charge in [-0.2, -0.15) is 9.97 Å². The fourth-order valence-corrected chi connectivity index (χ4v) is 6.36. The van der Waals surface area contributed by atoms with Crippen LogP contribution in [0.5, 0.6) is 11.8 Å². The lowest BCUT2D eigenvalue weighted by atomic mass is 9.95. The number of hydrogen-bond donors (Lipinski definition) is 0. The molecule has 3 saturated heterocycles. The van der Waals surface area contributed by atoms with Gasteiger partial charge < -0.3 is 19.1 Å². The fraction of sp³-hybridized carbons (Fsp3) is 0.636. The highest BCUT2D eigenvalue weighted by atomic mass is 79.9. The van der Waals surface area contributed by atoms with Crippen LogP contribution < -0.4 is 14.4 Å². The van der Waals surface area contributed by atoms with Gasteiger partial charge in [0, 0.05) is 32.5 Å². The summed E-state index contributed by atoms with van der Waals surface area (Å²) in [5.74, 6) is 0.335. The van der Waals surface area contributed by atoms with Crippen molar-refractivity contribution >= 4 is 44.3 Å². The molecular formula is C22H24BrClF2N4O3. The monoisotopic (exact) mass is 544 g/mol. The van der Waals surface area contributed by atoms with Gasteiger partial charge in [-0.25, -0.2) is 8.78 Å². The van der Waals surface area contributed by atoms with Gasteiger partial charge >= 0.3 is 6.01 Å². The van der Waals surface area contributed by atoms with Crippen molar-refractivity contribution in [1.29, 1.82) is 0 Å². The molecule has 2 aromatic rings. The minimum atomic E-state index is -0.859. The molecule has 0 amide bonds. The van der Waals surface area contributed by atoms with Gasteiger partial charge in [0.25, 0.3) is 0 Å². The molecule has 6 rings (SSSR count). The number of halogens is 4. The molecule has 0 radical (unpaired) electrons. The van der Waals surface area contributed by atoms with Gasteiger partial charge in [-0.1, -0.05) is 11.6 Å². The molecule has 0 saturated carbocycles. The number of rotatable bonds is 3. The predicted molar refractivity (Wildman–Crippen MR) is 123 cm³/mol. The summed E-state index contributed by atoms with van der Waals surface area (Å²) >= 11 is 9.76. The van der Waals surface area contributed by atoms with Crippen molar-refractivity contribution in [2.24, 2.45) is 5.92 Å². The zero-order valence-electron chi connectivity index (χ0n) is 18.1. The molecule has 11 heteroatoms. The van der Waals surface area contributed by atoms with E-state index in [0.717, 1.165) is 19.4 Å². The average molecular weight is 546 g/mol. The van der Waals surface area contributed by atoms with Crippen molar-refractivity contribution in [1.82, 2.24) is 14.9 Å². The lowest BCUT2D eigenvalue weighted by molar-refractivity contribution is 0.107. The van der Waals surface area contributed by atoms with Crippen LogP contribution in [0.3, 0.4) is 0 Å². The van der Waals surface area contributed by atoms with Gasteiger partial charge in [0.15, 0.2) is 11.6 Å². The quantitative estimate of drug-likeness (QED) is 0.541. The fourth-order valence-electron chi connectivity index (χ4n) is 5.77. The first-order chi connectivity index (χ1) is 15.9. The minimum absolute atomic E-state index is 0.0618. The Morgan fingerprint density at radius 2 is 2.15 bits per heavy atom. The third-order valence-electron chi connectivity index (χ3n) is 7.40. The molecule has 1 aromatic heterocycles. The van der Waals surface area contributed by atoms with Gasteiger partial charge in [-0.05, 0) is 35.3 Å². The molecule has 4 atom stereocenters. The van der Waals surface area contributed by atoms with E-state index in [9.17, 15) is 4.39 Å². The summed E-state index contributed by atoms with van der Waals surface area (Å²) in [5.41, 5.74) is -0.280. The molecule has 4 aliphatic rings. The summed E-state index contributed by atoms with van der Waals surface area (Å²) in [4.78, 5) is 13.2. The molecule has 0 bridgehead atoms. The molecular weight excluding hydrogens is 522 g/mol. The van der Waals surface area contributed by atoms with Crippen LogP contribution in [0.2, 0.25) is 5.02 Å². The second-order valence-corrected chi connectivity index (χ2v) is 10.7. The van der Waals surface area contributed by atoms with Gasteiger partial charge in [0.1, 0.15) is 35.2 Å². The topological polar surface area (TPSA) is 60.0 Å². The Balaban J connectivity index is 1.43. The van der Waals surface area contributed by atoms with Crippen LogP contribution in [-0.2, 0) is 4.74 Å². The number of fused-ring (bicyclic) bond motifs is 2. The second kappa shape index (κ2) is 8.03. The Kier molecular flexibility index (Phi) is 5.36. The maximum absolute atomic E-state index is 15.4. The smallest absolute Gasteiger partial charge is 0.319 e. The van der Waals surface area contributed by atoms with Gasteiger partial charge in [0.2, 0.25) is 0 Å². The third-order valence-corrected chi connectivity index (χ3v) is 8.73. The number of ether oxygens (including phenoxy) is 3. The van der Waals surface area contributed by atoms with E-state index in [1.54, 1.807) is 0 Å². The molecule has 178 valence electrons. The van der Waals surface area contributed by atoms with E-state index in [2.05, 4.69) is 30.8 Å². The van der Waals surface area contributed by atoms with Gasteiger partial charge in [-0.15, -0.1) is 0 Å². The zero-order chi connectivity index (χ0) is 22.9. The maximum Gasteiger partial charge on any atom is 0.319 e. The second-order valence-electron chi connectivity index (χ2n) is 9.52. The summed E-state index contributed by atoms with van der Waals surface area (Å²) in [6.07, 6.45) is 1.25. The van der Waals surface area contributed by atoms with E-state index in [1.165, 1.54) is 0 Å². The number of anilines is 1.